The fraction of sp³-hybridized carbons (Fsp3) is 0.375. The van der Waals surface area contributed by atoms with Gasteiger partial charge in [-0.15, -0.1) is 10.2 Å². The predicted molar refractivity (Wildman–Crippen MR) is 88.9 cm³/mol. The molecule has 0 spiro atoms. The van der Waals surface area contributed by atoms with E-state index < -0.39 is 0 Å². The molecule has 0 N–H and O–H groups in total. The van der Waals surface area contributed by atoms with Crippen LogP contribution >= 0.6 is 22.7 Å². The van der Waals surface area contributed by atoms with Gasteiger partial charge in [-0.05, 0) is 53.2 Å². The second-order valence-electron chi connectivity index (χ2n) is 5.57. The molecule has 1 aliphatic heterocycles. The third-order valence-electron chi connectivity index (χ3n) is 4.07. The normalized spacial score (nSPS) is 19.5. The molecular weight excluding hydrogens is 314 g/mol. The van der Waals surface area contributed by atoms with Gasteiger partial charge in [0.25, 0.3) is 0 Å². The van der Waals surface area contributed by atoms with E-state index in [1.54, 1.807) is 22.7 Å². The molecule has 1 aliphatic rings. The number of likely N-dealkylation sites (tertiary alicyclic amines) is 1. The first-order valence-electron chi connectivity index (χ1n) is 7.51. The molecule has 1 unspecified atom stereocenters. The van der Waals surface area contributed by atoms with Crippen molar-refractivity contribution in [2.45, 2.75) is 31.8 Å². The predicted octanol–water partition coefficient (Wildman–Crippen LogP) is 4.59. The first-order valence-corrected chi connectivity index (χ1v) is 9.40. The molecule has 114 valence electrons. The molecule has 1 saturated heterocycles. The molecule has 22 heavy (non-hydrogen) atoms. The summed E-state index contributed by atoms with van der Waals surface area (Å²) in [6, 6.07) is 4.46. The van der Waals surface area contributed by atoms with Gasteiger partial charge in [0, 0.05) is 17.5 Å². The van der Waals surface area contributed by atoms with Crippen LogP contribution in [0.15, 0.2) is 38.1 Å². The van der Waals surface area contributed by atoms with E-state index >= 15 is 0 Å². The van der Waals surface area contributed by atoms with Crippen molar-refractivity contribution in [2.75, 3.05) is 6.54 Å². The molecule has 0 radical (unpaired) electrons. The Hall–Kier alpha value is -1.50. The van der Waals surface area contributed by atoms with Crippen LogP contribution in [0.4, 0.5) is 0 Å². The van der Waals surface area contributed by atoms with Gasteiger partial charge in [-0.2, -0.15) is 22.7 Å². The van der Waals surface area contributed by atoms with Gasteiger partial charge in [0.1, 0.15) is 0 Å². The second kappa shape index (κ2) is 6.32. The van der Waals surface area contributed by atoms with Crippen LogP contribution in [-0.2, 0) is 6.54 Å². The lowest BCUT2D eigenvalue weighted by atomic mass is 10.0. The maximum Gasteiger partial charge on any atom is 0.248 e. The van der Waals surface area contributed by atoms with Gasteiger partial charge in [-0.25, -0.2) is 0 Å². The molecule has 4 nitrogen and oxygen atoms in total. The second-order valence-corrected chi connectivity index (χ2v) is 7.13. The van der Waals surface area contributed by atoms with E-state index in [4.69, 9.17) is 4.42 Å². The first-order chi connectivity index (χ1) is 10.9. The van der Waals surface area contributed by atoms with Crippen molar-refractivity contribution in [3.8, 4) is 11.5 Å². The van der Waals surface area contributed by atoms with E-state index in [0.717, 1.165) is 31.0 Å². The largest absolute Gasteiger partial charge is 0.419 e. The number of aromatic nitrogens is 2. The van der Waals surface area contributed by atoms with Crippen LogP contribution < -0.4 is 0 Å². The average molecular weight is 331 g/mol. The van der Waals surface area contributed by atoms with Gasteiger partial charge < -0.3 is 4.42 Å². The zero-order valence-corrected chi connectivity index (χ0v) is 13.8. The molecule has 0 aromatic carbocycles. The number of rotatable bonds is 4. The summed E-state index contributed by atoms with van der Waals surface area (Å²) < 4.78 is 5.96. The molecular formula is C16H17N3OS2. The average Bonchev–Trinajstić information content (AvgIpc) is 3.30. The summed E-state index contributed by atoms with van der Waals surface area (Å²) in [5.74, 6) is 1.40. The van der Waals surface area contributed by atoms with Crippen LogP contribution in [0.1, 0.15) is 36.8 Å². The quantitative estimate of drug-likeness (QED) is 0.701. The lowest BCUT2D eigenvalue weighted by Gasteiger charge is -2.33. The summed E-state index contributed by atoms with van der Waals surface area (Å²) in [6.07, 6.45) is 3.56. The zero-order chi connectivity index (χ0) is 14.8. The Labute approximate surface area is 137 Å². The monoisotopic (exact) mass is 331 g/mol. The first kappa shape index (κ1) is 14.1. The number of nitrogens with zero attached hydrogens (tertiary/aromatic N) is 3. The Kier molecular flexibility index (Phi) is 4.05. The van der Waals surface area contributed by atoms with Gasteiger partial charge >= 0.3 is 0 Å². The third kappa shape index (κ3) is 2.86. The van der Waals surface area contributed by atoms with Gasteiger partial charge in [-0.1, -0.05) is 6.42 Å². The number of piperidine rings is 1. The molecule has 0 amide bonds. The van der Waals surface area contributed by atoms with Crippen LogP contribution in [0.2, 0.25) is 0 Å². The van der Waals surface area contributed by atoms with Crippen LogP contribution in [0.3, 0.4) is 0 Å². The summed E-state index contributed by atoms with van der Waals surface area (Å²) in [7, 11) is 0. The van der Waals surface area contributed by atoms with Crippen LogP contribution in [0, 0.1) is 0 Å². The van der Waals surface area contributed by atoms with Crippen LogP contribution in [0.5, 0.6) is 0 Å². The summed E-state index contributed by atoms with van der Waals surface area (Å²) in [4.78, 5) is 2.47. The van der Waals surface area contributed by atoms with Crippen molar-refractivity contribution in [3.05, 3.63) is 45.1 Å². The van der Waals surface area contributed by atoms with E-state index in [1.165, 1.54) is 18.4 Å². The van der Waals surface area contributed by atoms with Crippen LogP contribution in [-0.4, -0.2) is 21.6 Å². The molecule has 0 aliphatic carbocycles. The topological polar surface area (TPSA) is 42.2 Å². The zero-order valence-electron chi connectivity index (χ0n) is 12.1. The van der Waals surface area contributed by atoms with Crippen molar-refractivity contribution < 1.29 is 4.42 Å². The molecule has 4 rings (SSSR count). The SMILES string of the molecule is c1cc(CN2CCCCC2c2nnc(-c3ccsc3)o2)cs1. The van der Waals surface area contributed by atoms with Crippen molar-refractivity contribution in [1.29, 1.82) is 0 Å². The molecule has 1 atom stereocenters. The lowest BCUT2D eigenvalue weighted by molar-refractivity contribution is 0.118. The summed E-state index contributed by atoms with van der Waals surface area (Å²) in [5, 5.41) is 17.0. The Morgan fingerprint density at radius 2 is 2.05 bits per heavy atom. The molecule has 0 saturated carbocycles. The minimum absolute atomic E-state index is 0.244. The van der Waals surface area contributed by atoms with Gasteiger partial charge in [0.2, 0.25) is 11.8 Å². The third-order valence-corrected chi connectivity index (χ3v) is 5.49. The van der Waals surface area contributed by atoms with E-state index in [1.807, 2.05) is 16.8 Å². The summed E-state index contributed by atoms with van der Waals surface area (Å²) in [5.41, 5.74) is 2.39. The molecule has 3 aromatic rings. The van der Waals surface area contributed by atoms with Gasteiger partial charge in [0.15, 0.2) is 0 Å². The van der Waals surface area contributed by atoms with Crippen molar-refractivity contribution in [3.63, 3.8) is 0 Å². The van der Waals surface area contributed by atoms with Crippen molar-refractivity contribution >= 4 is 22.7 Å². The minimum Gasteiger partial charge on any atom is -0.419 e. The van der Waals surface area contributed by atoms with Gasteiger partial charge in [-0.3, -0.25) is 4.90 Å². The highest BCUT2D eigenvalue weighted by molar-refractivity contribution is 7.08. The highest BCUT2D eigenvalue weighted by Gasteiger charge is 2.28. The molecule has 0 bridgehead atoms. The standard InChI is InChI=1S/C16H17N3OS2/c1-2-6-19(9-12-4-7-21-10-12)14(3-1)16-18-17-15(20-16)13-5-8-22-11-13/h4-5,7-8,10-11,14H,1-3,6,9H2. The van der Waals surface area contributed by atoms with Crippen LogP contribution in [0.25, 0.3) is 11.5 Å². The smallest absolute Gasteiger partial charge is 0.248 e. The summed E-state index contributed by atoms with van der Waals surface area (Å²) >= 11 is 3.40. The fourth-order valence-electron chi connectivity index (χ4n) is 2.95. The fourth-order valence-corrected chi connectivity index (χ4v) is 4.24. The molecule has 4 heterocycles. The molecule has 3 aromatic heterocycles. The molecule has 6 heteroatoms. The van der Waals surface area contributed by atoms with E-state index in [2.05, 4.69) is 31.9 Å². The summed E-state index contributed by atoms with van der Waals surface area (Å²) in [6.45, 7) is 2.06. The Balaban J connectivity index is 1.56. The Morgan fingerprint density at radius 3 is 2.86 bits per heavy atom. The lowest BCUT2D eigenvalue weighted by Crippen LogP contribution is -2.33. The van der Waals surface area contributed by atoms with E-state index in [9.17, 15) is 0 Å². The van der Waals surface area contributed by atoms with E-state index in [-0.39, 0.29) is 6.04 Å². The highest BCUT2D eigenvalue weighted by atomic mass is 32.1. The Morgan fingerprint density at radius 1 is 1.14 bits per heavy atom. The number of hydrogen-bond acceptors (Lipinski definition) is 6. The van der Waals surface area contributed by atoms with Crippen molar-refractivity contribution in [1.82, 2.24) is 15.1 Å². The van der Waals surface area contributed by atoms with Crippen molar-refractivity contribution in [2.24, 2.45) is 0 Å². The molecule has 1 fully saturated rings. The number of thiophene rings is 2. The maximum absolute atomic E-state index is 5.96. The van der Waals surface area contributed by atoms with Gasteiger partial charge in [0.05, 0.1) is 6.04 Å². The van der Waals surface area contributed by atoms with E-state index in [0.29, 0.717) is 5.89 Å². The highest BCUT2D eigenvalue weighted by Crippen LogP contribution is 2.33. The Bertz CT molecular complexity index is 706. The minimum atomic E-state index is 0.244. The number of hydrogen-bond donors (Lipinski definition) is 0. The maximum atomic E-state index is 5.96.